The van der Waals surface area contributed by atoms with Crippen LogP contribution < -0.4 is 10.3 Å². The van der Waals surface area contributed by atoms with E-state index in [9.17, 15) is 9.59 Å². The molecule has 2 aliphatic rings. The van der Waals surface area contributed by atoms with Crippen LogP contribution in [0.15, 0.2) is 23.4 Å². The molecule has 0 saturated carbocycles. The Hall–Kier alpha value is -2.64. The molecule has 0 aromatic carbocycles. The highest BCUT2D eigenvalue weighted by molar-refractivity contribution is 5.96. The molecule has 4 heterocycles. The Bertz CT molecular complexity index is 948. The molecule has 0 unspecified atom stereocenters. The number of piperidine rings is 1. The van der Waals surface area contributed by atoms with Gasteiger partial charge in [0.15, 0.2) is 0 Å². The predicted molar refractivity (Wildman–Crippen MR) is 108 cm³/mol. The van der Waals surface area contributed by atoms with Gasteiger partial charge in [0.25, 0.3) is 11.5 Å². The van der Waals surface area contributed by atoms with Gasteiger partial charge in [0.2, 0.25) is 5.88 Å². The summed E-state index contributed by atoms with van der Waals surface area (Å²) in [5, 5.41) is 4.28. The van der Waals surface area contributed by atoms with Crippen LogP contribution in [0.4, 0.5) is 0 Å². The number of likely N-dealkylation sites (tertiary alicyclic amines) is 1. The van der Waals surface area contributed by atoms with Crippen LogP contribution in [0.2, 0.25) is 0 Å². The first-order valence-electron chi connectivity index (χ1n) is 10.4. The van der Waals surface area contributed by atoms with Crippen LogP contribution in [-0.4, -0.2) is 49.8 Å². The fraction of sp³-hybridized carbons (Fsp3) is 0.619. The van der Waals surface area contributed by atoms with Gasteiger partial charge in [-0.05, 0) is 18.8 Å². The first-order chi connectivity index (χ1) is 13.8. The highest BCUT2D eigenvalue weighted by atomic mass is 16.5. The topological polar surface area (TPSA) is 82.2 Å². The number of ether oxygens (including phenoxy) is 1. The first-order valence-corrected chi connectivity index (χ1v) is 10.4. The quantitative estimate of drug-likeness (QED) is 0.789. The van der Waals surface area contributed by atoms with Gasteiger partial charge in [-0.1, -0.05) is 20.8 Å². The van der Waals surface area contributed by atoms with Crippen molar-refractivity contribution in [3.8, 4) is 5.88 Å². The number of hydrogen-bond acceptors (Lipinski definition) is 5. The largest absolute Gasteiger partial charge is 0.477 e. The van der Waals surface area contributed by atoms with E-state index >= 15 is 0 Å². The number of aromatic nitrogens is 4. The van der Waals surface area contributed by atoms with E-state index in [1.54, 1.807) is 27.8 Å². The SMILES string of the molecule is CC(C)(C)c1cc(=O)n(CC2CCN(C(=O)c3cnn4c3OCCC4)CC2)cn1. The summed E-state index contributed by atoms with van der Waals surface area (Å²) in [7, 11) is 0. The molecule has 2 aliphatic heterocycles. The highest BCUT2D eigenvalue weighted by Crippen LogP contribution is 2.26. The van der Waals surface area contributed by atoms with E-state index in [1.165, 1.54) is 0 Å². The summed E-state index contributed by atoms with van der Waals surface area (Å²) in [6.45, 7) is 9.57. The second kappa shape index (κ2) is 7.65. The lowest BCUT2D eigenvalue weighted by Crippen LogP contribution is -2.40. The van der Waals surface area contributed by atoms with Crippen molar-refractivity contribution >= 4 is 5.91 Å². The van der Waals surface area contributed by atoms with Gasteiger partial charge in [-0.2, -0.15) is 5.10 Å². The van der Waals surface area contributed by atoms with E-state index in [0.29, 0.717) is 43.6 Å². The van der Waals surface area contributed by atoms with Crippen LogP contribution in [0.3, 0.4) is 0 Å². The monoisotopic (exact) mass is 399 g/mol. The lowest BCUT2D eigenvalue weighted by molar-refractivity contribution is 0.0675. The third-order valence-corrected chi connectivity index (χ3v) is 5.78. The molecule has 1 saturated heterocycles. The molecule has 0 aliphatic carbocycles. The molecule has 0 atom stereocenters. The van der Waals surface area contributed by atoms with Crippen LogP contribution >= 0.6 is 0 Å². The molecule has 8 heteroatoms. The number of aryl methyl sites for hydroxylation is 1. The number of carbonyl (C=O) groups excluding carboxylic acids is 1. The van der Waals surface area contributed by atoms with Gasteiger partial charge in [0.1, 0.15) is 5.56 Å². The lowest BCUT2D eigenvalue weighted by Gasteiger charge is -2.32. The van der Waals surface area contributed by atoms with Crippen molar-refractivity contribution in [2.24, 2.45) is 5.92 Å². The maximum absolute atomic E-state index is 12.9. The summed E-state index contributed by atoms with van der Waals surface area (Å²) in [6, 6.07) is 1.64. The molecule has 156 valence electrons. The van der Waals surface area contributed by atoms with Crippen molar-refractivity contribution < 1.29 is 9.53 Å². The number of rotatable bonds is 3. The van der Waals surface area contributed by atoms with Crippen LogP contribution in [0, 0.1) is 5.92 Å². The number of fused-ring (bicyclic) bond motifs is 1. The Kier molecular flexibility index (Phi) is 5.19. The number of nitrogens with zero attached hydrogens (tertiary/aromatic N) is 5. The minimum absolute atomic E-state index is 0.00732. The molecular formula is C21H29N5O3. The van der Waals surface area contributed by atoms with Gasteiger partial charge in [-0.3, -0.25) is 14.2 Å². The van der Waals surface area contributed by atoms with Crippen molar-refractivity contribution in [1.82, 2.24) is 24.2 Å². The molecule has 4 rings (SSSR count). The molecule has 8 nitrogen and oxygen atoms in total. The third kappa shape index (κ3) is 4.06. The number of hydrogen-bond donors (Lipinski definition) is 0. The highest BCUT2D eigenvalue weighted by Gasteiger charge is 2.29. The average Bonchev–Trinajstić information content (AvgIpc) is 3.13. The molecule has 2 aromatic heterocycles. The van der Waals surface area contributed by atoms with Crippen molar-refractivity contribution in [2.45, 2.75) is 58.5 Å². The standard InChI is InChI=1S/C21H29N5O3/c1-21(2,3)17-11-18(27)25(14-22-17)13-15-5-8-24(9-6-15)19(28)16-12-23-26-7-4-10-29-20(16)26/h11-12,14-15H,4-10,13H2,1-3H3. The second-order valence-corrected chi connectivity index (χ2v) is 9.04. The molecular weight excluding hydrogens is 370 g/mol. The maximum atomic E-state index is 12.9. The summed E-state index contributed by atoms with van der Waals surface area (Å²) in [6.07, 6.45) is 5.93. The van der Waals surface area contributed by atoms with Gasteiger partial charge in [0.05, 0.1) is 24.8 Å². The Labute approximate surface area is 170 Å². The van der Waals surface area contributed by atoms with Gasteiger partial charge >= 0.3 is 0 Å². The molecule has 1 fully saturated rings. The van der Waals surface area contributed by atoms with E-state index in [0.717, 1.165) is 31.5 Å². The van der Waals surface area contributed by atoms with Gasteiger partial charge in [0, 0.05) is 44.1 Å². The Balaban J connectivity index is 1.37. The maximum Gasteiger partial charge on any atom is 0.260 e. The molecule has 2 aromatic rings. The first kappa shape index (κ1) is 19.7. The van der Waals surface area contributed by atoms with Crippen LogP contribution in [-0.2, 0) is 18.5 Å². The predicted octanol–water partition coefficient (Wildman–Crippen LogP) is 2.07. The van der Waals surface area contributed by atoms with Crippen LogP contribution in [0.1, 0.15) is 56.1 Å². The number of carbonyl (C=O) groups is 1. The van der Waals surface area contributed by atoms with Crippen molar-refractivity contribution in [1.29, 1.82) is 0 Å². The zero-order valence-electron chi connectivity index (χ0n) is 17.4. The molecule has 0 bridgehead atoms. The Morgan fingerprint density at radius 3 is 2.69 bits per heavy atom. The van der Waals surface area contributed by atoms with E-state index in [-0.39, 0.29) is 16.9 Å². The summed E-state index contributed by atoms with van der Waals surface area (Å²) in [4.78, 5) is 31.7. The molecule has 1 amide bonds. The zero-order valence-corrected chi connectivity index (χ0v) is 17.4. The van der Waals surface area contributed by atoms with Gasteiger partial charge in [-0.25, -0.2) is 9.67 Å². The zero-order chi connectivity index (χ0) is 20.6. The Morgan fingerprint density at radius 2 is 2.00 bits per heavy atom. The van der Waals surface area contributed by atoms with Crippen molar-refractivity contribution in [3.05, 3.63) is 40.2 Å². The molecule has 29 heavy (non-hydrogen) atoms. The smallest absolute Gasteiger partial charge is 0.260 e. The summed E-state index contributed by atoms with van der Waals surface area (Å²) in [5.74, 6) is 0.941. The van der Waals surface area contributed by atoms with Crippen molar-refractivity contribution in [2.75, 3.05) is 19.7 Å². The normalized spacial score (nSPS) is 17.7. The lowest BCUT2D eigenvalue weighted by atomic mass is 9.92. The van der Waals surface area contributed by atoms with Crippen LogP contribution in [0.5, 0.6) is 5.88 Å². The molecule has 0 radical (unpaired) electrons. The second-order valence-electron chi connectivity index (χ2n) is 9.04. The third-order valence-electron chi connectivity index (χ3n) is 5.78. The van der Waals surface area contributed by atoms with E-state index < -0.39 is 0 Å². The number of amides is 1. The minimum Gasteiger partial charge on any atom is -0.477 e. The minimum atomic E-state index is -0.138. The Morgan fingerprint density at radius 1 is 1.24 bits per heavy atom. The molecule has 0 spiro atoms. The average molecular weight is 399 g/mol. The van der Waals surface area contributed by atoms with Crippen LogP contribution in [0.25, 0.3) is 0 Å². The summed E-state index contributed by atoms with van der Waals surface area (Å²) >= 11 is 0. The van der Waals surface area contributed by atoms with E-state index in [1.807, 2.05) is 4.90 Å². The fourth-order valence-electron chi connectivity index (χ4n) is 3.96. The van der Waals surface area contributed by atoms with E-state index in [4.69, 9.17) is 4.74 Å². The summed E-state index contributed by atoms with van der Waals surface area (Å²) in [5.41, 5.74) is 1.22. The van der Waals surface area contributed by atoms with E-state index in [2.05, 4.69) is 30.9 Å². The fourth-order valence-corrected chi connectivity index (χ4v) is 3.96. The summed E-state index contributed by atoms with van der Waals surface area (Å²) < 4.78 is 9.12. The van der Waals surface area contributed by atoms with Crippen molar-refractivity contribution in [3.63, 3.8) is 0 Å². The molecule has 0 N–H and O–H groups in total. The van der Waals surface area contributed by atoms with Gasteiger partial charge < -0.3 is 9.64 Å². The van der Waals surface area contributed by atoms with Gasteiger partial charge in [-0.15, -0.1) is 0 Å².